The summed E-state index contributed by atoms with van der Waals surface area (Å²) in [5, 5.41) is 8.92. The van der Waals surface area contributed by atoms with Gasteiger partial charge in [0.1, 0.15) is 5.75 Å². The Morgan fingerprint density at radius 3 is 2.94 bits per heavy atom. The Hall–Kier alpha value is -1.91. The van der Waals surface area contributed by atoms with E-state index < -0.39 is 11.9 Å². The van der Waals surface area contributed by atoms with Gasteiger partial charge >= 0.3 is 5.97 Å². The van der Waals surface area contributed by atoms with E-state index in [9.17, 15) is 4.79 Å². The molecule has 1 aliphatic heterocycles. The lowest BCUT2D eigenvalue weighted by molar-refractivity contribution is -0.141. The maximum Gasteiger partial charge on any atom is 0.306 e. The van der Waals surface area contributed by atoms with E-state index in [4.69, 9.17) is 19.3 Å². The lowest BCUT2D eigenvalue weighted by Gasteiger charge is -2.11. The van der Waals surface area contributed by atoms with Gasteiger partial charge in [0.2, 0.25) is 6.79 Å². The zero-order valence-electron chi connectivity index (χ0n) is 9.73. The minimum Gasteiger partial charge on any atom is -0.497 e. The first-order valence-corrected chi connectivity index (χ1v) is 5.31. The normalized spacial score (nSPS) is 14.5. The fourth-order valence-electron chi connectivity index (χ4n) is 1.74. The van der Waals surface area contributed by atoms with E-state index in [1.54, 1.807) is 26.2 Å². The third kappa shape index (κ3) is 2.27. The number of carbonyl (C=O) groups is 1. The van der Waals surface area contributed by atoms with E-state index in [2.05, 4.69) is 0 Å². The van der Waals surface area contributed by atoms with Gasteiger partial charge in [-0.05, 0) is 12.5 Å². The van der Waals surface area contributed by atoms with Crippen LogP contribution < -0.4 is 14.2 Å². The van der Waals surface area contributed by atoms with Crippen LogP contribution in [0.25, 0.3) is 0 Å². The predicted octanol–water partition coefficient (Wildman–Crippen LogP) is 1.69. The molecular formula is C12H14O5. The number of ether oxygens (including phenoxy) is 3. The summed E-state index contributed by atoms with van der Waals surface area (Å²) in [5.41, 5.74) is 0.798. The Bertz CT molecular complexity index is 441. The van der Waals surface area contributed by atoms with Gasteiger partial charge in [-0.2, -0.15) is 0 Å². The monoisotopic (exact) mass is 238 g/mol. The maximum atomic E-state index is 10.9. The molecule has 0 fully saturated rings. The van der Waals surface area contributed by atoms with Crippen molar-refractivity contribution in [1.82, 2.24) is 0 Å². The number of carboxylic acid groups (broad SMARTS) is 1. The Labute approximate surface area is 98.9 Å². The fraction of sp³-hybridized carbons (Fsp3) is 0.417. The molecule has 0 saturated heterocycles. The van der Waals surface area contributed by atoms with E-state index in [1.807, 2.05) is 0 Å². The standard InChI is InChI=1S/C12H14O5/c1-7(12(13)14)3-8-4-9(15-2)5-10-11(8)17-6-16-10/h4-5,7H,3,6H2,1-2H3,(H,13,14). The molecule has 0 radical (unpaired) electrons. The summed E-state index contributed by atoms with van der Waals surface area (Å²) in [5.74, 6) is 0.563. The van der Waals surface area contributed by atoms with Crippen molar-refractivity contribution in [1.29, 1.82) is 0 Å². The molecule has 0 bridgehead atoms. The van der Waals surface area contributed by atoms with Crippen LogP contribution in [-0.4, -0.2) is 25.0 Å². The Morgan fingerprint density at radius 1 is 1.53 bits per heavy atom. The van der Waals surface area contributed by atoms with Crippen molar-refractivity contribution in [2.75, 3.05) is 13.9 Å². The van der Waals surface area contributed by atoms with Crippen molar-refractivity contribution in [3.8, 4) is 17.2 Å². The molecule has 0 saturated carbocycles. The van der Waals surface area contributed by atoms with Gasteiger partial charge in [0.15, 0.2) is 11.5 Å². The molecule has 17 heavy (non-hydrogen) atoms. The first kappa shape index (κ1) is 11.6. The van der Waals surface area contributed by atoms with Crippen LogP contribution >= 0.6 is 0 Å². The van der Waals surface area contributed by atoms with E-state index in [0.29, 0.717) is 23.7 Å². The predicted molar refractivity (Wildman–Crippen MR) is 59.6 cm³/mol. The summed E-state index contributed by atoms with van der Waals surface area (Å²) in [6.45, 7) is 1.82. The van der Waals surface area contributed by atoms with Gasteiger partial charge in [0.05, 0.1) is 13.0 Å². The number of hydrogen-bond acceptors (Lipinski definition) is 4. The highest BCUT2D eigenvalue weighted by Crippen LogP contribution is 2.40. The van der Waals surface area contributed by atoms with Crippen LogP contribution in [0.3, 0.4) is 0 Å². The van der Waals surface area contributed by atoms with Gasteiger partial charge in [-0.25, -0.2) is 0 Å². The molecule has 92 valence electrons. The van der Waals surface area contributed by atoms with Crippen molar-refractivity contribution in [2.45, 2.75) is 13.3 Å². The Morgan fingerprint density at radius 2 is 2.29 bits per heavy atom. The van der Waals surface area contributed by atoms with E-state index in [1.165, 1.54) is 0 Å². The van der Waals surface area contributed by atoms with Gasteiger partial charge < -0.3 is 19.3 Å². The van der Waals surface area contributed by atoms with Gasteiger partial charge in [-0.1, -0.05) is 6.92 Å². The third-order valence-electron chi connectivity index (χ3n) is 2.71. The summed E-state index contributed by atoms with van der Waals surface area (Å²) in [7, 11) is 1.56. The maximum absolute atomic E-state index is 10.9. The van der Waals surface area contributed by atoms with Gasteiger partial charge in [-0.15, -0.1) is 0 Å². The van der Waals surface area contributed by atoms with Crippen LogP contribution in [0.1, 0.15) is 12.5 Å². The smallest absolute Gasteiger partial charge is 0.306 e. The fourth-order valence-corrected chi connectivity index (χ4v) is 1.74. The first-order valence-electron chi connectivity index (χ1n) is 5.31. The van der Waals surface area contributed by atoms with E-state index in [0.717, 1.165) is 5.56 Å². The number of hydrogen-bond donors (Lipinski definition) is 1. The lowest BCUT2D eigenvalue weighted by atomic mass is 10.00. The second kappa shape index (κ2) is 4.53. The summed E-state index contributed by atoms with van der Waals surface area (Å²) in [4.78, 5) is 10.9. The van der Waals surface area contributed by atoms with E-state index >= 15 is 0 Å². The second-order valence-corrected chi connectivity index (χ2v) is 3.96. The molecule has 1 heterocycles. The average Bonchev–Trinajstić information content (AvgIpc) is 2.76. The van der Waals surface area contributed by atoms with Crippen LogP contribution in [0.15, 0.2) is 12.1 Å². The molecule has 1 N–H and O–H groups in total. The van der Waals surface area contributed by atoms with Crippen molar-refractivity contribution in [3.63, 3.8) is 0 Å². The summed E-state index contributed by atoms with van der Waals surface area (Å²) >= 11 is 0. The molecule has 0 aliphatic carbocycles. The molecule has 1 aliphatic rings. The first-order chi connectivity index (χ1) is 8.11. The molecule has 2 rings (SSSR count). The van der Waals surface area contributed by atoms with Crippen LogP contribution in [0, 0.1) is 5.92 Å². The SMILES string of the molecule is COc1cc(CC(C)C(=O)O)c2c(c1)OCO2. The van der Waals surface area contributed by atoms with Crippen molar-refractivity contribution in [2.24, 2.45) is 5.92 Å². The Kier molecular flexibility index (Phi) is 3.08. The van der Waals surface area contributed by atoms with Crippen LogP contribution in [0.2, 0.25) is 0 Å². The third-order valence-corrected chi connectivity index (χ3v) is 2.71. The lowest BCUT2D eigenvalue weighted by Crippen LogP contribution is -2.12. The van der Waals surface area contributed by atoms with Gasteiger partial charge in [-0.3, -0.25) is 4.79 Å². The number of carboxylic acids is 1. The molecular weight excluding hydrogens is 224 g/mol. The Balaban J connectivity index is 2.32. The molecule has 5 heteroatoms. The van der Waals surface area contributed by atoms with Crippen LogP contribution in [0.4, 0.5) is 0 Å². The largest absolute Gasteiger partial charge is 0.497 e. The highest BCUT2D eigenvalue weighted by Gasteiger charge is 2.22. The molecule has 0 aromatic heterocycles. The van der Waals surface area contributed by atoms with E-state index in [-0.39, 0.29) is 6.79 Å². The summed E-state index contributed by atoms with van der Waals surface area (Å²) in [6.07, 6.45) is 0.387. The zero-order chi connectivity index (χ0) is 12.4. The summed E-state index contributed by atoms with van der Waals surface area (Å²) < 4.78 is 15.8. The number of methoxy groups -OCH3 is 1. The highest BCUT2D eigenvalue weighted by molar-refractivity contribution is 5.70. The highest BCUT2D eigenvalue weighted by atomic mass is 16.7. The van der Waals surface area contributed by atoms with Crippen LogP contribution in [0.5, 0.6) is 17.2 Å². The topological polar surface area (TPSA) is 65.0 Å². The quantitative estimate of drug-likeness (QED) is 0.864. The molecule has 5 nitrogen and oxygen atoms in total. The van der Waals surface area contributed by atoms with Gasteiger partial charge in [0.25, 0.3) is 0 Å². The average molecular weight is 238 g/mol. The van der Waals surface area contributed by atoms with Gasteiger partial charge in [0, 0.05) is 11.6 Å². The molecule has 1 aromatic carbocycles. The summed E-state index contributed by atoms with van der Waals surface area (Å²) in [6, 6.07) is 3.52. The number of aliphatic carboxylic acids is 1. The van der Waals surface area contributed by atoms with Crippen molar-refractivity contribution >= 4 is 5.97 Å². The number of rotatable bonds is 4. The number of fused-ring (bicyclic) bond motifs is 1. The van der Waals surface area contributed by atoms with Crippen molar-refractivity contribution < 1.29 is 24.1 Å². The van der Waals surface area contributed by atoms with Crippen molar-refractivity contribution in [3.05, 3.63) is 17.7 Å². The second-order valence-electron chi connectivity index (χ2n) is 3.96. The molecule has 1 atom stereocenters. The minimum atomic E-state index is -0.833. The molecule has 1 unspecified atom stereocenters. The molecule has 1 aromatic rings. The molecule has 0 amide bonds. The minimum absolute atomic E-state index is 0.164. The number of benzene rings is 1. The van der Waals surface area contributed by atoms with Crippen LogP contribution in [-0.2, 0) is 11.2 Å². The zero-order valence-corrected chi connectivity index (χ0v) is 9.73. The molecule has 0 spiro atoms.